The lowest BCUT2D eigenvalue weighted by Gasteiger charge is -2.74. The van der Waals surface area contributed by atoms with Crippen LogP contribution in [0.3, 0.4) is 0 Å². The van der Waals surface area contributed by atoms with Gasteiger partial charge in [-0.25, -0.2) is 13.2 Å². The fourth-order valence-corrected chi connectivity index (χ4v) is 4.48. The Morgan fingerprint density at radius 2 is 0.742 bits per heavy atom. The molecule has 0 N–H and O–H groups in total. The van der Waals surface area contributed by atoms with E-state index in [1.165, 1.54) is 0 Å². The van der Waals surface area contributed by atoms with E-state index in [0.717, 1.165) is 6.92 Å². The van der Waals surface area contributed by atoms with Gasteiger partial charge in [-0.15, -0.1) is 0 Å². The number of hydrogen-bond donors (Lipinski definition) is 0. The van der Waals surface area contributed by atoms with Gasteiger partial charge in [-0.3, -0.25) is 0 Å². The summed E-state index contributed by atoms with van der Waals surface area (Å²) < 4.78 is 224. The van der Waals surface area contributed by atoms with Crippen molar-refractivity contribution in [1.82, 2.24) is 0 Å². The molecular weight excluding hydrogens is 485 g/mol. The Hall–Kier alpha value is -1.13. The molecule has 4 bridgehead atoms. The molecule has 182 valence electrons. The van der Waals surface area contributed by atoms with Crippen LogP contribution in [0, 0.1) is 0 Å². The summed E-state index contributed by atoms with van der Waals surface area (Å²) in [5, 5.41) is 0. The molecule has 4 aliphatic carbocycles. The van der Waals surface area contributed by atoms with Gasteiger partial charge in [-0.2, -0.15) is 52.7 Å². The van der Waals surface area contributed by atoms with Gasteiger partial charge in [0.25, 0.3) is 5.60 Å². The van der Waals surface area contributed by atoms with Crippen LogP contribution in [0.5, 0.6) is 0 Å². The second-order valence-electron chi connectivity index (χ2n) is 7.15. The lowest BCUT2D eigenvalue weighted by Crippen LogP contribution is -3.10. The molecule has 2 nitrogen and oxygen atoms in total. The Labute approximate surface area is 161 Å². The zero-order valence-electron chi connectivity index (χ0n) is 14.6. The van der Waals surface area contributed by atoms with Crippen LogP contribution in [0.1, 0.15) is 6.92 Å². The van der Waals surface area contributed by atoms with Crippen molar-refractivity contribution in [3.05, 3.63) is 0 Å². The molecule has 0 unspecified atom stereocenters. The van der Waals surface area contributed by atoms with Crippen LogP contribution in [0.4, 0.5) is 65.9 Å². The highest BCUT2D eigenvalue weighted by atomic mass is 19.3. The zero-order chi connectivity index (χ0) is 24.5. The van der Waals surface area contributed by atoms with Crippen molar-refractivity contribution in [2.24, 2.45) is 0 Å². The molecule has 0 spiro atoms. The molecule has 0 aromatic heterocycles. The topological polar surface area (TPSA) is 18.5 Å². The van der Waals surface area contributed by atoms with Crippen LogP contribution in [0.15, 0.2) is 0 Å². The van der Waals surface area contributed by atoms with Crippen LogP contribution in [-0.4, -0.2) is 78.0 Å². The van der Waals surface area contributed by atoms with E-state index >= 15 is 0 Å². The van der Waals surface area contributed by atoms with E-state index in [2.05, 4.69) is 9.47 Å². The number of halogens is 15. The van der Waals surface area contributed by atoms with Gasteiger partial charge in [0.15, 0.2) is 0 Å². The molecule has 0 aliphatic heterocycles. The quantitative estimate of drug-likeness (QED) is 0.406. The average molecular weight is 494 g/mol. The van der Waals surface area contributed by atoms with Crippen LogP contribution < -0.4 is 0 Å². The molecule has 4 fully saturated rings. The smallest absolute Gasteiger partial charge is 0.339 e. The number of ether oxygens (including phenoxy) is 2. The lowest BCUT2D eigenvalue weighted by molar-refractivity contribution is -0.619. The normalized spacial score (nSPS) is 46.8. The second-order valence-corrected chi connectivity index (χ2v) is 7.15. The van der Waals surface area contributed by atoms with Crippen molar-refractivity contribution in [2.45, 2.75) is 65.1 Å². The standard InChI is InChI=1S/C14H9F15O2/c1-2-30-3-4-31-8-12(24,25)5(15)9(18,19)6(16,13(8,26)27)11(22,23)7(17,10(5,20)21)14(8,28)29/h2-4H2,1H3. The van der Waals surface area contributed by atoms with Crippen molar-refractivity contribution >= 4 is 0 Å². The number of rotatable bonds is 5. The first-order valence-corrected chi connectivity index (χ1v) is 8.11. The van der Waals surface area contributed by atoms with Crippen molar-refractivity contribution in [2.75, 3.05) is 19.8 Å². The molecule has 0 amide bonds. The minimum atomic E-state index is -7.79. The molecule has 0 heterocycles. The van der Waals surface area contributed by atoms with E-state index in [1.807, 2.05) is 0 Å². The predicted octanol–water partition coefficient (Wildman–Crippen LogP) is 4.76. The molecule has 31 heavy (non-hydrogen) atoms. The molecule has 0 atom stereocenters. The Balaban J connectivity index is 2.53. The average Bonchev–Trinajstić information content (AvgIpc) is 2.61. The minimum Gasteiger partial charge on any atom is -0.379 e. The molecule has 4 aliphatic rings. The third-order valence-electron chi connectivity index (χ3n) is 5.97. The van der Waals surface area contributed by atoms with Crippen molar-refractivity contribution in [3.8, 4) is 0 Å². The highest BCUT2D eigenvalue weighted by molar-refractivity contribution is 5.54. The number of alkyl halides is 15. The summed E-state index contributed by atoms with van der Waals surface area (Å²) in [6, 6.07) is 0. The highest BCUT2D eigenvalue weighted by Gasteiger charge is 3.23. The summed E-state index contributed by atoms with van der Waals surface area (Å²) in [7, 11) is 0. The Morgan fingerprint density at radius 3 is 1.00 bits per heavy atom. The molecule has 4 saturated carbocycles. The van der Waals surface area contributed by atoms with E-state index in [4.69, 9.17) is 0 Å². The molecular formula is C14H9F15O2. The largest absolute Gasteiger partial charge is 0.379 e. The number of hydrogen-bond acceptors (Lipinski definition) is 2. The first kappa shape index (κ1) is 24.5. The third kappa shape index (κ3) is 1.61. The third-order valence-corrected chi connectivity index (χ3v) is 5.97. The van der Waals surface area contributed by atoms with Crippen molar-refractivity contribution in [3.63, 3.8) is 0 Å². The van der Waals surface area contributed by atoms with Crippen LogP contribution >= 0.6 is 0 Å². The fourth-order valence-electron chi connectivity index (χ4n) is 4.48. The molecule has 0 aromatic rings. The predicted molar refractivity (Wildman–Crippen MR) is 66.4 cm³/mol. The van der Waals surface area contributed by atoms with E-state index in [-0.39, 0.29) is 0 Å². The van der Waals surface area contributed by atoms with Crippen molar-refractivity contribution in [1.29, 1.82) is 0 Å². The summed E-state index contributed by atoms with van der Waals surface area (Å²) in [6.45, 7) is -2.53. The molecule has 4 rings (SSSR count). The molecule has 17 heteroatoms. The summed E-state index contributed by atoms with van der Waals surface area (Å²) in [5.41, 5.74) is -29.7. The van der Waals surface area contributed by atoms with E-state index in [1.54, 1.807) is 0 Å². The summed E-state index contributed by atoms with van der Waals surface area (Å²) in [6.07, 6.45) is 0. The van der Waals surface area contributed by atoms with E-state index < -0.39 is 78.0 Å². The lowest BCUT2D eigenvalue weighted by atomic mass is 9.40. The summed E-state index contributed by atoms with van der Waals surface area (Å²) >= 11 is 0. The maximum absolute atomic E-state index is 14.7. The van der Waals surface area contributed by atoms with Gasteiger partial charge in [0, 0.05) is 6.61 Å². The summed E-state index contributed by atoms with van der Waals surface area (Å²) in [4.78, 5) is 0. The second kappa shape index (κ2) is 5.50. The first-order chi connectivity index (χ1) is 13.6. The van der Waals surface area contributed by atoms with Gasteiger partial charge in [0.1, 0.15) is 0 Å². The van der Waals surface area contributed by atoms with Gasteiger partial charge < -0.3 is 9.47 Å². The maximum Gasteiger partial charge on any atom is 0.339 e. The van der Waals surface area contributed by atoms with Gasteiger partial charge in [-0.05, 0) is 6.92 Å². The van der Waals surface area contributed by atoms with Crippen LogP contribution in [0.2, 0.25) is 0 Å². The first-order valence-electron chi connectivity index (χ1n) is 8.11. The molecule has 0 aromatic carbocycles. The molecule has 0 saturated heterocycles. The van der Waals surface area contributed by atoms with Crippen LogP contribution in [-0.2, 0) is 9.47 Å². The van der Waals surface area contributed by atoms with Gasteiger partial charge >= 0.3 is 52.5 Å². The van der Waals surface area contributed by atoms with Gasteiger partial charge in [0.2, 0.25) is 0 Å². The fraction of sp³-hybridized carbons (Fsp3) is 1.00. The summed E-state index contributed by atoms with van der Waals surface area (Å²) in [5.74, 6) is -45.9. The maximum atomic E-state index is 14.7. The SMILES string of the molecule is CCOCCOC12C(F)(F)C3(F)C(F)(F)C(F)(C(F)(F)C(F)(C3(F)F)C1(F)F)C2(F)F. The van der Waals surface area contributed by atoms with Crippen molar-refractivity contribution < 1.29 is 75.3 Å². The van der Waals surface area contributed by atoms with E-state index in [9.17, 15) is 65.9 Å². The van der Waals surface area contributed by atoms with Crippen LogP contribution in [0.25, 0.3) is 0 Å². The minimum absolute atomic E-state index is 0.402. The Bertz CT molecular complexity index is 679. The van der Waals surface area contributed by atoms with Gasteiger partial charge in [-0.1, -0.05) is 0 Å². The Kier molecular flexibility index (Phi) is 4.35. The van der Waals surface area contributed by atoms with E-state index in [0.29, 0.717) is 0 Å². The molecule has 0 radical (unpaired) electrons. The monoisotopic (exact) mass is 494 g/mol. The Morgan fingerprint density at radius 1 is 0.452 bits per heavy atom. The highest BCUT2D eigenvalue weighted by Crippen LogP contribution is 2.88. The zero-order valence-corrected chi connectivity index (χ0v) is 14.6. The van der Waals surface area contributed by atoms with Gasteiger partial charge in [0.05, 0.1) is 13.2 Å².